The van der Waals surface area contributed by atoms with Gasteiger partial charge in [0.1, 0.15) is 5.75 Å². The molecular weight excluding hydrogens is 290 g/mol. The van der Waals surface area contributed by atoms with Crippen LogP contribution in [0.2, 0.25) is 0 Å². The summed E-state index contributed by atoms with van der Waals surface area (Å²) in [5.74, 6) is 0.228. The van der Waals surface area contributed by atoms with Crippen molar-refractivity contribution in [2.45, 2.75) is 18.9 Å². The fraction of sp³-hybridized carbons (Fsp3) is 0.211. The molecule has 0 radical (unpaired) electrons. The van der Waals surface area contributed by atoms with E-state index in [1.807, 2.05) is 36.4 Å². The first kappa shape index (κ1) is 16.9. The van der Waals surface area contributed by atoms with E-state index in [1.165, 1.54) is 6.08 Å². The molecule has 0 spiro atoms. The highest BCUT2D eigenvalue weighted by molar-refractivity contribution is 5.80. The second-order valence-electron chi connectivity index (χ2n) is 5.19. The molecule has 0 unspecified atom stereocenters. The minimum absolute atomic E-state index is 0.0759. The number of aliphatic hydroxyl groups excluding tert-OH is 2. The number of hydrogen-bond donors (Lipinski definition) is 3. The van der Waals surface area contributed by atoms with Gasteiger partial charge in [-0.2, -0.15) is 0 Å². The normalized spacial score (nSPS) is 13.4. The summed E-state index contributed by atoms with van der Waals surface area (Å²) >= 11 is 0. The van der Waals surface area contributed by atoms with E-state index >= 15 is 0 Å². The number of aromatic nitrogens is 1. The molecule has 2 aromatic rings. The fourth-order valence-electron chi connectivity index (χ4n) is 2.22. The first-order valence-corrected chi connectivity index (χ1v) is 7.55. The van der Waals surface area contributed by atoms with Crippen molar-refractivity contribution in [1.29, 1.82) is 0 Å². The molecule has 0 saturated carbocycles. The number of aliphatic hydroxyl groups is 2. The summed E-state index contributed by atoms with van der Waals surface area (Å²) in [6, 6.07) is 12.7. The van der Waals surface area contributed by atoms with Crippen LogP contribution in [0, 0.1) is 0 Å². The van der Waals surface area contributed by atoms with E-state index in [0.717, 1.165) is 16.8 Å². The third-order valence-electron chi connectivity index (χ3n) is 3.40. The highest BCUT2D eigenvalue weighted by Crippen LogP contribution is 2.23. The Morgan fingerprint density at radius 2 is 1.91 bits per heavy atom. The number of pyridine rings is 1. The molecule has 0 amide bonds. The first-order valence-electron chi connectivity index (χ1n) is 7.55. The maximum absolute atomic E-state index is 9.90. The second kappa shape index (κ2) is 8.88. The summed E-state index contributed by atoms with van der Waals surface area (Å²) in [5.41, 5.74) is 2.83. The molecule has 120 valence electrons. The average molecular weight is 311 g/mol. The second-order valence-corrected chi connectivity index (χ2v) is 5.19. The molecule has 2 rings (SSSR count). The van der Waals surface area contributed by atoms with Crippen LogP contribution >= 0.6 is 0 Å². The predicted octanol–water partition coefficient (Wildman–Crippen LogP) is 3.02. The monoisotopic (exact) mass is 311 g/mol. The lowest BCUT2D eigenvalue weighted by molar-refractivity contribution is 0.213. The van der Waals surface area contributed by atoms with Crippen LogP contribution in [0.15, 0.2) is 60.8 Å². The predicted molar refractivity (Wildman–Crippen MR) is 91.7 cm³/mol. The Hall–Kier alpha value is -2.43. The molecule has 0 bridgehead atoms. The number of phenolic OH excluding ortho intramolecular Hbond substituents is 1. The van der Waals surface area contributed by atoms with Crippen molar-refractivity contribution in [3.05, 3.63) is 72.1 Å². The van der Waals surface area contributed by atoms with Crippen molar-refractivity contribution in [3.8, 4) is 5.75 Å². The van der Waals surface area contributed by atoms with E-state index in [0.29, 0.717) is 12.8 Å². The van der Waals surface area contributed by atoms with Crippen LogP contribution in [0.4, 0.5) is 0 Å². The summed E-state index contributed by atoms with van der Waals surface area (Å²) in [6.45, 7) is -0.0759. The summed E-state index contributed by atoms with van der Waals surface area (Å²) in [4.78, 5) is 4.38. The number of aromatic hydroxyl groups is 1. The van der Waals surface area contributed by atoms with Gasteiger partial charge in [-0.05, 0) is 54.3 Å². The minimum Gasteiger partial charge on any atom is -0.508 e. The molecule has 0 aliphatic carbocycles. The molecule has 4 nitrogen and oxygen atoms in total. The lowest BCUT2D eigenvalue weighted by atomic mass is 10.0. The van der Waals surface area contributed by atoms with Gasteiger partial charge in [-0.3, -0.25) is 4.98 Å². The van der Waals surface area contributed by atoms with E-state index in [2.05, 4.69) is 4.98 Å². The molecule has 0 fully saturated rings. The van der Waals surface area contributed by atoms with Gasteiger partial charge in [-0.1, -0.05) is 30.4 Å². The molecule has 1 aromatic carbocycles. The van der Waals surface area contributed by atoms with Crippen LogP contribution in [0.1, 0.15) is 24.1 Å². The fourth-order valence-corrected chi connectivity index (χ4v) is 2.22. The van der Waals surface area contributed by atoms with Crippen LogP contribution in [0.25, 0.3) is 11.6 Å². The number of hydrogen-bond acceptors (Lipinski definition) is 4. The molecule has 4 heteroatoms. The molecule has 23 heavy (non-hydrogen) atoms. The minimum atomic E-state index is -0.603. The van der Waals surface area contributed by atoms with Crippen molar-refractivity contribution in [2.24, 2.45) is 0 Å². The van der Waals surface area contributed by atoms with E-state index in [9.17, 15) is 10.2 Å². The quantitative estimate of drug-likeness (QED) is 0.687. The zero-order valence-electron chi connectivity index (χ0n) is 12.8. The number of phenols is 1. The van der Waals surface area contributed by atoms with Crippen molar-refractivity contribution >= 4 is 11.6 Å². The third kappa shape index (κ3) is 5.70. The number of rotatable bonds is 7. The van der Waals surface area contributed by atoms with Gasteiger partial charge in [0.2, 0.25) is 0 Å². The molecule has 0 saturated heterocycles. The van der Waals surface area contributed by atoms with Crippen molar-refractivity contribution < 1.29 is 15.3 Å². The van der Waals surface area contributed by atoms with Crippen LogP contribution in [0.3, 0.4) is 0 Å². The van der Waals surface area contributed by atoms with Gasteiger partial charge in [0.05, 0.1) is 18.4 Å². The van der Waals surface area contributed by atoms with Crippen LogP contribution in [-0.4, -0.2) is 33.0 Å². The number of benzene rings is 1. The largest absolute Gasteiger partial charge is 0.508 e. The molecule has 0 aliphatic rings. The Labute approximate surface area is 136 Å². The highest BCUT2D eigenvalue weighted by Gasteiger charge is 2.07. The Bertz CT molecular complexity index is 648. The number of nitrogens with zero attached hydrogens (tertiary/aromatic N) is 1. The standard InChI is InChI=1S/C19H21NO3/c21-13-3-4-17(22)11-8-16(19-5-1-2-12-20-19)14-15-6-9-18(23)10-7-15/h1-7,9-10,12,14,17,21-23H,8,11,13H2/b4-3-,16-14-/t17-/m0/s1. The zero-order valence-corrected chi connectivity index (χ0v) is 12.8. The lowest BCUT2D eigenvalue weighted by Crippen LogP contribution is -2.03. The summed E-state index contributed by atoms with van der Waals surface area (Å²) in [6.07, 6.45) is 7.46. The summed E-state index contributed by atoms with van der Waals surface area (Å²) in [7, 11) is 0. The zero-order chi connectivity index (χ0) is 16.5. The Morgan fingerprint density at radius 1 is 1.13 bits per heavy atom. The van der Waals surface area contributed by atoms with E-state index in [-0.39, 0.29) is 12.4 Å². The highest BCUT2D eigenvalue weighted by atomic mass is 16.3. The van der Waals surface area contributed by atoms with E-state index in [1.54, 1.807) is 24.4 Å². The van der Waals surface area contributed by atoms with E-state index in [4.69, 9.17) is 5.11 Å². The van der Waals surface area contributed by atoms with Gasteiger partial charge >= 0.3 is 0 Å². The third-order valence-corrected chi connectivity index (χ3v) is 3.40. The maximum Gasteiger partial charge on any atom is 0.115 e. The average Bonchev–Trinajstić information content (AvgIpc) is 2.59. The number of allylic oxidation sites excluding steroid dienone is 1. The molecule has 1 aromatic heterocycles. The topological polar surface area (TPSA) is 73.6 Å². The molecule has 1 heterocycles. The summed E-state index contributed by atoms with van der Waals surface area (Å²) < 4.78 is 0. The van der Waals surface area contributed by atoms with Crippen molar-refractivity contribution in [1.82, 2.24) is 4.98 Å². The lowest BCUT2D eigenvalue weighted by Gasteiger charge is -2.10. The molecular formula is C19H21NO3. The summed E-state index contributed by atoms with van der Waals surface area (Å²) in [5, 5.41) is 28.0. The Morgan fingerprint density at radius 3 is 2.57 bits per heavy atom. The smallest absolute Gasteiger partial charge is 0.115 e. The van der Waals surface area contributed by atoms with E-state index < -0.39 is 6.10 Å². The van der Waals surface area contributed by atoms with Crippen LogP contribution in [-0.2, 0) is 0 Å². The van der Waals surface area contributed by atoms with Gasteiger partial charge < -0.3 is 15.3 Å². The maximum atomic E-state index is 9.90. The van der Waals surface area contributed by atoms with Gasteiger partial charge in [0, 0.05) is 6.20 Å². The van der Waals surface area contributed by atoms with Crippen LogP contribution in [0.5, 0.6) is 5.75 Å². The van der Waals surface area contributed by atoms with Gasteiger partial charge in [-0.15, -0.1) is 0 Å². The van der Waals surface area contributed by atoms with Gasteiger partial charge in [-0.25, -0.2) is 0 Å². The molecule has 3 N–H and O–H groups in total. The van der Waals surface area contributed by atoms with Gasteiger partial charge in [0.15, 0.2) is 0 Å². The van der Waals surface area contributed by atoms with Gasteiger partial charge in [0.25, 0.3) is 0 Å². The first-order chi connectivity index (χ1) is 11.2. The van der Waals surface area contributed by atoms with Crippen molar-refractivity contribution in [3.63, 3.8) is 0 Å². The van der Waals surface area contributed by atoms with Crippen LogP contribution < -0.4 is 0 Å². The molecule has 0 aliphatic heterocycles. The van der Waals surface area contributed by atoms with Crippen molar-refractivity contribution in [2.75, 3.05) is 6.61 Å². The Balaban J connectivity index is 2.19. The Kier molecular flexibility index (Phi) is 6.54. The molecule has 1 atom stereocenters. The SMILES string of the molecule is OC/C=C\[C@H](O)CC/C(=C/c1ccc(O)cc1)c1ccccn1.